The molecule has 0 aliphatic heterocycles. The maximum absolute atomic E-state index is 2.19. The molecule has 0 saturated carbocycles. The third-order valence-corrected chi connectivity index (χ3v) is 4.93. The van der Waals surface area contributed by atoms with E-state index in [2.05, 4.69) is 136 Å². The Morgan fingerprint density at radius 2 is 1.31 bits per heavy atom. The Labute approximate surface area is 174 Å². The summed E-state index contributed by atoms with van der Waals surface area (Å²) < 4.78 is 0. The largest absolute Gasteiger partial charge is 0.378 e. The maximum atomic E-state index is 2.19. The van der Waals surface area contributed by atoms with Crippen molar-refractivity contribution < 1.29 is 0 Å². The first-order chi connectivity index (χ1) is 14.0. The van der Waals surface area contributed by atoms with Crippen LogP contribution in [0.2, 0.25) is 0 Å². The van der Waals surface area contributed by atoms with E-state index in [0.717, 1.165) is 0 Å². The zero-order valence-electron chi connectivity index (χ0n) is 17.8. The summed E-state index contributed by atoms with van der Waals surface area (Å²) >= 11 is 0. The van der Waals surface area contributed by atoms with Crippen molar-refractivity contribution in [2.75, 3.05) is 19.0 Å². The van der Waals surface area contributed by atoms with E-state index >= 15 is 0 Å². The summed E-state index contributed by atoms with van der Waals surface area (Å²) in [6.07, 6.45) is 8.56. The Balaban J connectivity index is 1.92. The second kappa shape index (κ2) is 9.75. The molecule has 0 atom stereocenters. The van der Waals surface area contributed by atoms with Crippen molar-refractivity contribution in [1.82, 2.24) is 0 Å². The molecule has 0 aromatic heterocycles. The normalized spacial score (nSPS) is 11.5. The lowest BCUT2D eigenvalue weighted by atomic mass is 9.97. The van der Waals surface area contributed by atoms with Crippen molar-refractivity contribution in [1.29, 1.82) is 0 Å². The van der Waals surface area contributed by atoms with Crippen LogP contribution in [0.1, 0.15) is 25.0 Å². The van der Waals surface area contributed by atoms with E-state index in [4.69, 9.17) is 0 Å². The lowest BCUT2D eigenvalue weighted by molar-refractivity contribution is 1.13. The Bertz CT molecular complexity index is 1090. The van der Waals surface area contributed by atoms with Gasteiger partial charge in [-0.2, -0.15) is 0 Å². The zero-order valence-corrected chi connectivity index (χ0v) is 17.8. The van der Waals surface area contributed by atoms with Crippen molar-refractivity contribution in [3.8, 4) is 0 Å². The molecule has 0 aliphatic carbocycles. The van der Waals surface area contributed by atoms with Crippen molar-refractivity contribution in [3.63, 3.8) is 0 Å². The molecule has 0 fully saturated rings. The summed E-state index contributed by atoms with van der Waals surface area (Å²) in [5, 5.41) is 2.50. The maximum Gasteiger partial charge on any atom is 0.0361 e. The Hall–Kier alpha value is -3.32. The van der Waals surface area contributed by atoms with E-state index in [9.17, 15) is 0 Å². The third-order valence-electron chi connectivity index (χ3n) is 4.93. The van der Waals surface area contributed by atoms with E-state index in [1.807, 2.05) is 0 Å². The minimum Gasteiger partial charge on any atom is -0.378 e. The van der Waals surface area contributed by atoms with E-state index in [-0.39, 0.29) is 0 Å². The summed E-state index contributed by atoms with van der Waals surface area (Å²) in [5.41, 5.74) is 6.18. The summed E-state index contributed by atoms with van der Waals surface area (Å²) in [5.74, 6) is 0. The Morgan fingerprint density at radius 1 is 0.690 bits per heavy atom. The van der Waals surface area contributed by atoms with Crippen LogP contribution in [-0.4, -0.2) is 14.1 Å². The molecule has 0 aliphatic rings. The van der Waals surface area contributed by atoms with Crippen LogP contribution in [0.5, 0.6) is 0 Å². The van der Waals surface area contributed by atoms with E-state index < -0.39 is 0 Å². The second-order valence-electron chi connectivity index (χ2n) is 7.56. The predicted molar refractivity (Wildman–Crippen MR) is 128 cm³/mol. The van der Waals surface area contributed by atoms with Crippen molar-refractivity contribution in [2.45, 2.75) is 13.8 Å². The van der Waals surface area contributed by atoms with Crippen molar-refractivity contribution >= 4 is 22.9 Å². The van der Waals surface area contributed by atoms with Crippen molar-refractivity contribution in [2.24, 2.45) is 0 Å². The molecule has 3 aromatic rings. The highest BCUT2D eigenvalue weighted by molar-refractivity contribution is 5.81. The second-order valence-corrected chi connectivity index (χ2v) is 7.56. The van der Waals surface area contributed by atoms with Crippen LogP contribution in [0, 0.1) is 0 Å². The first-order valence-electron chi connectivity index (χ1n) is 10.00. The lowest BCUT2D eigenvalue weighted by Gasteiger charge is -2.14. The molecular weight excluding hydrogens is 350 g/mol. The van der Waals surface area contributed by atoms with Gasteiger partial charge in [0, 0.05) is 19.8 Å². The Morgan fingerprint density at radius 3 is 1.90 bits per heavy atom. The molecule has 0 unspecified atom stereocenters. The molecular formula is C28H29N. The standard InChI is InChI=1S/C28H29N/c1-22(2)24-16-14-23(15-17-24)10-8-9-13-28(25-11-6-5-7-12-25)26-18-20-27(21-19-26)29(3)4/h5-21H,1-4H3/b9-8+,28-13+. The van der Waals surface area contributed by atoms with Gasteiger partial charge < -0.3 is 4.90 Å². The molecule has 0 heterocycles. The van der Waals surface area contributed by atoms with Gasteiger partial charge in [0.1, 0.15) is 0 Å². The fraction of sp³-hybridized carbons (Fsp3) is 0.143. The van der Waals surface area contributed by atoms with Crippen molar-refractivity contribution in [3.05, 3.63) is 119 Å². The highest BCUT2D eigenvalue weighted by Crippen LogP contribution is 2.25. The van der Waals surface area contributed by atoms with Crippen LogP contribution in [0.4, 0.5) is 5.69 Å². The molecule has 3 rings (SSSR count). The number of anilines is 1. The SMILES string of the molecule is CC(C)=c1ccc(=C/C=C/C=C(\c2ccccc2)c2ccc(N(C)C)cc2)cc1. The number of benzene rings is 3. The van der Waals surface area contributed by atoms with Gasteiger partial charge in [-0.3, -0.25) is 0 Å². The fourth-order valence-electron chi connectivity index (χ4n) is 3.16. The van der Waals surface area contributed by atoms with Crippen LogP contribution in [0.15, 0.2) is 97.1 Å². The molecule has 1 nitrogen and oxygen atoms in total. The number of rotatable bonds is 5. The van der Waals surface area contributed by atoms with E-state index in [1.165, 1.54) is 38.4 Å². The molecule has 0 amide bonds. The molecule has 29 heavy (non-hydrogen) atoms. The van der Waals surface area contributed by atoms with Crippen LogP contribution < -0.4 is 15.3 Å². The molecule has 0 spiro atoms. The van der Waals surface area contributed by atoms with Gasteiger partial charge in [0.15, 0.2) is 0 Å². The van der Waals surface area contributed by atoms with E-state index in [0.29, 0.717) is 0 Å². The molecule has 3 aromatic carbocycles. The molecule has 1 heteroatoms. The van der Waals surface area contributed by atoms with Gasteiger partial charge >= 0.3 is 0 Å². The molecule has 0 N–H and O–H groups in total. The number of nitrogens with zero attached hydrogens (tertiary/aromatic N) is 1. The smallest absolute Gasteiger partial charge is 0.0361 e. The first kappa shape index (κ1) is 20.4. The fourth-order valence-corrected chi connectivity index (χ4v) is 3.16. The van der Waals surface area contributed by atoms with Gasteiger partial charge in [0.05, 0.1) is 0 Å². The monoisotopic (exact) mass is 379 g/mol. The lowest BCUT2D eigenvalue weighted by Crippen LogP contribution is -2.08. The predicted octanol–water partition coefficient (Wildman–Crippen LogP) is 5.41. The number of hydrogen-bond donors (Lipinski definition) is 0. The highest BCUT2D eigenvalue weighted by atomic mass is 15.1. The van der Waals surface area contributed by atoms with Gasteiger partial charge in [-0.1, -0.05) is 96.6 Å². The van der Waals surface area contributed by atoms with Crippen LogP contribution in [-0.2, 0) is 0 Å². The van der Waals surface area contributed by atoms with Crippen LogP contribution in [0.25, 0.3) is 17.2 Å². The quantitative estimate of drug-likeness (QED) is 0.536. The topological polar surface area (TPSA) is 3.24 Å². The molecule has 0 saturated heterocycles. The minimum atomic E-state index is 1.20. The Kier molecular flexibility index (Phi) is 6.86. The van der Waals surface area contributed by atoms with Gasteiger partial charge in [-0.25, -0.2) is 0 Å². The van der Waals surface area contributed by atoms with Crippen LogP contribution in [0.3, 0.4) is 0 Å². The molecule has 0 bridgehead atoms. The summed E-state index contributed by atoms with van der Waals surface area (Å²) in [6, 6.07) is 27.9. The van der Waals surface area contributed by atoms with Gasteiger partial charge in [-0.05, 0) is 53.1 Å². The summed E-state index contributed by atoms with van der Waals surface area (Å²) in [6.45, 7) is 4.28. The summed E-state index contributed by atoms with van der Waals surface area (Å²) in [7, 11) is 4.13. The van der Waals surface area contributed by atoms with Crippen LogP contribution >= 0.6 is 0 Å². The first-order valence-corrected chi connectivity index (χ1v) is 10.00. The number of hydrogen-bond acceptors (Lipinski definition) is 1. The average molecular weight is 380 g/mol. The summed E-state index contributed by atoms with van der Waals surface area (Å²) in [4.78, 5) is 2.12. The van der Waals surface area contributed by atoms with E-state index in [1.54, 1.807) is 0 Å². The minimum absolute atomic E-state index is 1.20. The average Bonchev–Trinajstić information content (AvgIpc) is 2.75. The van der Waals surface area contributed by atoms with Gasteiger partial charge in [0.25, 0.3) is 0 Å². The number of allylic oxidation sites excluding steroid dienone is 3. The highest BCUT2D eigenvalue weighted by Gasteiger charge is 2.04. The zero-order chi connectivity index (χ0) is 20.6. The van der Waals surface area contributed by atoms with Gasteiger partial charge in [0.2, 0.25) is 0 Å². The third kappa shape index (κ3) is 5.58. The van der Waals surface area contributed by atoms with Gasteiger partial charge in [-0.15, -0.1) is 0 Å². The molecule has 0 radical (unpaired) electrons. The molecule has 146 valence electrons.